The lowest BCUT2D eigenvalue weighted by Gasteiger charge is -2.09. The molecule has 0 unspecified atom stereocenters. The zero-order chi connectivity index (χ0) is 15.4. The molecule has 2 rings (SSSR count). The van der Waals surface area contributed by atoms with Gasteiger partial charge in [0.25, 0.3) is 11.5 Å². The number of aromatic nitrogens is 2. The molecule has 110 valence electrons. The second-order valence-corrected chi connectivity index (χ2v) is 4.99. The molecule has 21 heavy (non-hydrogen) atoms. The van der Waals surface area contributed by atoms with E-state index in [4.69, 9.17) is 17.4 Å². The van der Waals surface area contributed by atoms with E-state index in [1.807, 2.05) is 23.6 Å². The third-order valence-electron chi connectivity index (χ3n) is 3.08. The van der Waals surface area contributed by atoms with E-state index in [9.17, 15) is 9.59 Å². The van der Waals surface area contributed by atoms with Crippen molar-refractivity contribution in [2.24, 2.45) is 5.84 Å². The summed E-state index contributed by atoms with van der Waals surface area (Å²) in [6, 6.07) is 8.90. The number of hydrogen-bond donors (Lipinski definition) is 2. The van der Waals surface area contributed by atoms with Crippen molar-refractivity contribution in [1.82, 2.24) is 15.2 Å². The van der Waals surface area contributed by atoms with Gasteiger partial charge in [-0.15, -0.1) is 0 Å². The van der Waals surface area contributed by atoms with Crippen LogP contribution in [0.25, 0.3) is 0 Å². The van der Waals surface area contributed by atoms with E-state index in [1.165, 1.54) is 6.07 Å². The third-order valence-corrected chi connectivity index (χ3v) is 3.45. The summed E-state index contributed by atoms with van der Waals surface area (Å²) in [7, 11) is 0. The minimum absolute atomic E-state index is 0.206. The Morgan fingerprint density at radius 3 is 2.76 bits per heavy atom. The van der Waals surface area contributed by atoms with Crippen LogP contribution < -0.4 is 16.8 Å². The lowest BCUT2D eigenvalue weighted by Crippen LogP contribution is -2.37. The van der Waals surface area contributed by atoms with Crippen LogP contribution in [-0.2, 0) is 17.8 Å². The number of halogens is 1. The summed E-state index contributed by atoms with van der Waals surface area (Å²) < 4.78 is 1.08. The molecular formula is C14H15ClN4O2. The Hall–Kier alpha value is -2.18. The number of benzene rings is 1. The Morgan fingerprint density at radius 1 is 1.38 bits per heavy atom. The topological polar surface area (TPSA) is 90.0 Å². The molecular weight excluding hydrogens is 292 g/mol. The van der Waals surface area contributed by atoms with Crippen LogP contribution in [0.4, 0.5) is 0 Å². The molecule has 0 radical (unpaired) electrons. The van der Waals surface area contributed by atoms with E-state index in [0.717, 1.165) is 15.8 Å². The first-order chi connectivity index (χ1) is 10.0. The summed E-state index contributed by atoms with van der Waals surface area (Å²) in [5.41, 5.74) is 3.97. The Labute approximate surface area is 126 Å². The van der Waals surface area contributed by atoms with E-state index < -0.39 is 5.91 Å². The fourth-order valence-electron chi connectivity index (χ4n) is 1.94. The average Bonchev–Trinajstić information content (AvgIpc) is 2.46. The van der Waals surface area contributed by atoms with Gasteiger partial charge in [0.2, 0.25) is 0 Å². The maximum Gasteiger partial charge on any atom is 0.267 e. The van der Waals surface area contributed by atoms with E-state index in [-0.39, 0.29) is 12.1 Å². The normalized spacial score (nSPS) is 10.4. The largest absolute Gasteiger partial charge is 0.293 e. The molecule has 6 nitrogen and oxygen atoms in total. The number of nitrogens with one attached hydrogen (secondary N) is 1. The first-order valence-electron chi connectivity index (χ1n) is 6.31. The highest BCUT2D eigenvalue weighted by Gasteiger charge is 2.10. The number of amides is 1. The van der Waals surface area contributed by atoms with Crippen LogP contribution in [0.1, 0.15) is 16.8 Å². The number of hydrogen-bond acceptors (Lipinski definition) is 4. The van der Waals surface area contributed by atoms with Crippen molar-refractivity contribution in [3.05, 3.63) is 62.5 Å². The second kappa shape index (κ2) is 6.51. The molecule has 1 amide bonds. The van der Waals surface area contributed by atoms with Gasteiger partial charge < -0.3 is 0 Å². The fraction of sp³-hybridized carbons (Fsp3) is 0.214. The fourth-order valence-corrected chi connectivity index (χ4v) is 2.15. The monoisotopic (exact) mass is 306 g/mol. The van der Waals surface area contributed by atoms with Crippen LogP contribution in [0.5, 0.6) is 0 Å². The van der Waals surface area contributed by atoms with Crippen LogP contribution in [0.2, 0.25) is 5.02 Å². The maximum atomic E-state index is 12.0. The van der Waals surface area contributed by atoms with E-state index in [0.29, 0.717) is 17.1 Å². The molecule has 0 aliphatic rings. The number of carbonyl (C=O) groups is 1. The van der Waals surface area contributed by atoms with Crippen molar-refractivity contribution in [3.8, 4) is 0 Å². The zero-order valence-electron chi connectivity index (χ0n) is 11.5. The summed E-state index contributed by atoms with van der Waals surface area (Å²) in [5.74, 6) is 4.52. The first kappa shape index (κ1) is 15.2. The van der Waals surface area contributed by atoms with Crippen LogP contribution in [0.3, 0.4) is 0 Å². The molecule has 3 N–H and O–H groups in total. The minimum atomic E-state index is -0.483. The number of rotatable bonds is 4. The molecule has 1 heterocycles. The second-order valence-electron chi connectivity index (χ2n) is 4.59. The Morgan fingerprint density at radius 2 is 2.10 bits per heavy atom. The van der Waals surface area contributed by atoms with E-state index in [2.05, 4.69) is 5.10 Å². The Balaban J connectivity index is 2.31. The standard InChI is InChI=1S/C14H15ClN4O2/c1-9-11(6-10-4-2-3-5-12(10)15)7-14(21)19(18-9)8-13(20)17-16/h2-5,7H,6,8,16H2,1H3,(H,17,20). The minimum Gasteiger partial charge on any atom is -0.293 e. The van der Waals surface area contributed by atoms with Crippen LogP contribution in [-0.4, -0.2) is 15.7 Å². The van der Waals surface area contributed by atoms with E-state index >= 15 is 0 Å². The molecule has 0 saturated carbocycles. The molecule has 1 aromatic carbocycles. The van der Waals surface area contributed by atoms with Gasteiger partial charge >= 0.3 is 0 Å². The SMILES string of the molecule is Cc1nn(CC(=O)NN)c(=O)cc1Cc1ccccc1Cl. The summed E-state index contributed by atoms with van der Waals surface area (Å²) >= 11 is 6.11. The van der Waals surface area contributed by atoms with Crippen molar-refractivity contribution >= 4 is 17.5 Å². The van der Waals surface area contributed by atoms with Crippen molar-refractivity contribution in [3.63, 3.8) is 0 Å². The number of nitrogens with zero attached hydrogens (tertiary/aromatic N) is 2. The van der Waals surface area contributed by atoms with Crippen LogP contribution in [0, 0.1) is 6.92 Å². The van der Waals surface area contributed by atoms with E-state index in [1.54, 1.807) is 13.0 Å². The number of hydrazine groups is 1. The highest BCUT2D eigenvalue weighted by Crippen LogP contribution is 2.19. The van der Waals surface area contributed by atoms with Gasteiger partial charge in [-0.1, -0.05) is 29.8 Å². The summed E-state index contributed by atoms with van der Waals surface area (Å²) in [5, 5.41) is 4.77. The summed E-state index contributed by atoms with van der Waals surface area (Å²) in [6.45, 7) is 1.57. The van der Waals surface area contributed by atoms with Gasteiger partial charge in [0.15, 0.2) is 0 Å². The van der Waals surface area contributed by atoms with Crippen LogP contribution in [0.15, 0.2) is 35.1 Å². The van der Waals surface area contributed by atoms with Crippen molar-refractivity contribution < 1.29 is 4.79 Å². The molecule has 0 spiro atoms. The van der Waals surface area contributed by atoms with Gasteiger partial charge in [-0.3, -0.25) is 15.0 Å². The molecule has 0 bridgehead atoms. The molecule has 0 aliphatic heterocycles. The van der Waals surface area contributed by atoms with Gasteiger partial charge in [0, 0.05) is 17.5 Å². The van der Waals surface area contributed by atoms with Crippen LogP contribution >= 0.6 is 11.6 Å². The molecule has 0 aliphatic carbocycles. The van der Waals surface area contributed by atoms with Crippen molar-refractivity contribution in [2.45, 2.75) is 19.9 Å². The highest BCUT2D eigenvalue weighted by atomic mass is 35.5. The molecule has 0 atom stereocenters. The quantitative estimate of drug-likeness (QED) is 0.496. The lowest BCUT2D eigenvalue weighted by molar-refractivity contribution is -0.122. The van der Waals surface area contributed by atoms with Crippen molar-refractivity contribution in [1.29, 1.82) is 0 Å². The highest BCUT2D eigenvalue weighted by molar-refractivity contribution is 6.31. The smallest absolute Gasteiger partial charge is 0.267 e. The molecule has 0 fully saturated rings. The maximum absolute atomic E-state index is 12.0. The number of carbonyl (C=O) groups excluding carboxylic acids is 1. The summed E-state index contributed by atoms with van der Waals surface area (Å²) in [4.78, 5) is 23.2. The van der Waals surface area contributed by atoms with Gasteiger partial charge in [-0.25, -0.2) is 10.5 Å². The van der Waals surface area contributed by atoms with Gasteiger partial charge in [0.1, 0.15) is 6.54 Å². The Bertz CT molecular complexity index is 727. The zero-order valence-corrected chi connectivity index (χ0v) is 12.2. The molecule has 2 aromatic rings. The first-order valence-corrected chi connectivity index (χ1v) is 6.69. The summed E-state index contributed by atoms with van der Waals surface area (Å²) in [6.07, 6.45) is 0.512. The van der Waals surface area contributed by atoms with Crippen molar-refractivity contribution in [2.75, 3.05) is 0 Å². The molecule has 1 aromatic heterocycles. The Kier molecular flexibility index (Phi) is 4.72. The van der Waals surface area contributed by atoms with Gasteiger partial charge in [0.05, 0.1) is 5.69 Å². The predicted molar refractivity (Wildman–Crippen MR) is 79.8 cm³/mol. The van der Waals surface area contributed by atoms with Gasteiger partial charge in [-0.2, -0.15) is 5.10 Å². The average molecular weight is 307 g/mol. The predicted octanol–water partition coefficient (Wildman–Crippen LogP) is 0.786. The van der Waals surface area contributed by atoms with Gasteiger partial charge in [-0.05, 0) is 24.1 Å². The molecule has 7 heteroatoms. The number of nitrogens with two attached hydrogens (primary N) is 1. The number of aryl methyl sites for hydroxylation is 1. The molecule has 0 saturated heterocycles. The third kappa shape index (κ3) is 3.68. The lowest BCUT2D eigenvalue weighted by atomic mass is 10.0.